The van der Waals surface area contributed by atoms with Crippen molar-refractivity contribution < 1.29 is 9.18 Å². The maximum absolute atomic E-state index is 13.1. The average Bonchev–Trinajstić information content (AvgIpc) is 3.08. The lowest BCUT2D eigenvalue weighted by molar-refractivity contribution is 0.0751. The van der Waals surface area contributed by atoms with E-state index in [2.05, 4.69) is 22.9 Å². The first-order chi connectivity index (χ1) is 12.1. The van der Waals surface area contributed by atoms with Crippen LogP contribution in [-0.4, -0.2) is 50.6 Å². The molecule has 132 valence electrons. The van der Waals surface area contributed by atoms with Crippen molar-refractivity contribution >= 4 is 27.9 Å². The third kappa shape index (κ3) is 3.23. The van der Waals surface area contributed by atoms with Gasteiger partial charge in [-0.1, -0.05) is 0 Å². The number of rotatable bonds is 2. The molecule has 1 amide bonds. The maximum Gasteiger partial charge on any atom is 0.264 e. The molecule has 6 heteroatoms. The first-order valence-corrected chi connectivity index (χ1v) is 9.57. The van der Waals surface area contributed by atoms with Crippen LogP contribution >= 0.6 is 11.3 Å². The highest BCUT2D eigenvalue weighted by Crippen LogP contribution is 2.35. The number of hydrogen-bond donors (Lipinski definition) is 0. The summed E-state index contributed by atoms with van der Waals surface area (Å²) in [4.78, 5) is 20.1. The molecule has 0 aliphatic carbocycles. The van der Waals surface area contributed by atoms with Crippen LogP contribution in [0.2, 0.25) is 0 Å². The van der Waals surface area contributed by atoms with Gasteiger partial charge < -0.3 is 14.7 Å². The number of benzene rings is 1. The number of anilines is 2. The maximum atomic E-state index is 13.1. The Balaban J connectivity index is 1.42. The molecule has 4 rings (SSSR count). The Kier molecular flexibility index (Phi) is 4.37. The summed E-state index contributed by atoms with van der Waals surface area (Å²) in [6, 6.07) is 8.66. The Hall–Kier alpha value is -2.08. The fourth-order valence-electron chi connectivity index (χ4n) is 3.61. The minimum absolute atomic E-state index is 0.145. The summed E-state index contributed by atoms with van der Waals surface area (Å²) in [6.07, 6.45) is 2.23. The van der Waals surface area contributed by atoms with E-state index in [1.807, 2.05) is 4.90 Å². The van der Waals surface area contributed by atoms with Crippen molar-refractivity contribution in [3.05, 3.63) is 46.6 Å². The molecule has 0 bridgehead atoms. The highest BCUT2D eigenvalue weighted by atomic mass is 32.1. The van der Waals surface area contributed by atoms with E-state index in [1.54, 1.807) is 23.5 Å². The highest BCUT2D eigenvalue weighted by molar-refractivity contribution is 7.18. The van der Waals surface area contributed by atoms with E-state index in [0.717, 1.165) is 43.0 Å². The lowest BCUT2D eigenvalue weighted by atomic mass is 10.1. The zero-order chi connectivity index (χ0) is 17.4. The van der Waals surface area contributed by atoms with Crippen molar-refractivity contribution in [3.8, 4) is 0 Å². The van der Waals surface area contributed by atoms with Gasteiger partial charge >= 0.3 is 0 Å². The third-order valence-corrected chi connectivity index (χ3v) is 6.32. The molecule has 2 aromatic rings. The molecule has 2 aliphatic heterocycles. The highest BCUT2D eigenvalue weighted by Gasteiger charge is 2.26. The van der Waals surface area contributed by atoms with Crippen LogP contribution in [0.5, 0.6) is 0 Å². The van der Waals surface area contributed by atoms with Crippen molar-refractivity contribution in [1.29, 1.82) is 0 Å². The number of piperazine rings is 1. The molecule has 0 unspecified atom stereocenters. The Morgan fingerprint density at radius 1 is 1.08 bits per heavy atom. The van der Waals surface area contributed by atoms with Crippen molar-refractivity contribution in [3.63, 3.8) is 0 Å². The van der Waals surface area contributed by atoms with Gasteiger partial charge in [0.1, 0.15) is 5.82 Å². The Labute approximate surface area is 151 Å². The molecule has 0 spiro atoms. The van der Waals surface area contributed by atoms with E-state index in [4.69, 9.17) is 0 Å². The number of hydrogen-bond acceptors (Lipinski definition) is 4. The minimum Gasteiger partial charge on any atom is -0.368 e. The molecule has 25 heavy (non-hydrogen) atoms. The summed E-state index contributed by atoms with van der Waals surface area (Å²) in [5, 5.41) is 1.25. The van der Waals surface area contributed by atoms with Crippen molar-refractivity contribution in [2.45, 2.75) is 12.8 Å². The van der Waals surface area contributed by atoms with Gasteiger partial charge in [0.15, 0.2) is 0 Å². The minimum atomic E-state index is -0.218. The van der Waals surface area contributed by atoms with Gasteiger partial charge in [0.05, 0.1) is 9.88 Å². The van der Waals surface area contributed by atoms with E-state index in [0.29, 0.717) is 13.1 Å². The number of aryl methyl sites for hydroxylation is 1. The van der Waals surface area contributed by atoms with Crippen LogP contribution in [-0.2, 0) is 6.42 Å². The molecule has 0 saturated carbocycles. The van der Waals surface area contributed by atoms with Crippen LogP contribution in [0, 0.1) is 5.82 Å². The SMILES string of the molecule is CN1CCCc2cc(C(=O)N3CCN(c4ccc(F)cc4)CC3)sc21. The standard InChI is InChI=1S/C19H22FN3OS/c1-21-8-2-3-14-13-17(25-19(14)21)18(24)23-11-9-22(10-12-23)16-6-4-15(20)5-7-16/h4-7,13H,2-3,8-12H2,1H3. The summed E-state index contributed by atoms with van der Waals surface area (Å²) in [6.45, 7) is 4.03. The predicted octanol–water partition coefficient (Wildman–Crippen LogP) is 3.23. The van der Waals surface area contributed by atoms with E-state index in [-0.39, 0.29) is 11.7 Å². The Bertz CT molecular complexity index is 765. The lowest BCUT2D eigenvalue weighted by Crippen LogP contribution is -2.48. The van der Waals surface area contributed by atoms with Gasteiger partial charge in [-0.25, -0.2) is 4.39 Å². The summed E-state index contributed by atoms with van der Waals surface area (Å²) in [5.41, 5.74) is 2.33. The molecular formula is C19H22FN3OS. The topological polar surface area (TPSA) is 26.8 Å². The van der Waals surface area contributed by atoms with E-state index >= 15 is 0 Å². The molecule has 1 aromatic carbocycles. The third-order valence-electron chi connectivity index (χ3n) is 5.04. The molecule has 0 radical (unpaired) electrons. The van der Waals surface area contributed by atoms with Crippen LogP contribution in [0.15, 0.2) is 30.3 Å². The Morgan fingerprint density at radius 3 is 2.48 bits per heavy atom. The van der Waals surface area contributed by atoms with Gasteiger partial charge in [-0.15, -0.1) is 11.3 Å². The first kappa shape index (κ1) is 16.4. The van der Waals surface area contributed by atoms with E-state index < -0.39 is 0 Å². The second kappa shape index (κ2) is 6.67. The van der Waals surface area contributed by atoms with Crippen LogP contribution in [0.1, 0.15) is 21.7 Å². The molecule has 4 nitrogen and oxygen atoms in total. The molecule has 0 N–H and O–H groups in total. The predicted molar refractivity (Wildman–Crippen MR) is 100 cm³/mol. The number of halogens is 1. The van der Waals surface area contributed by atoms with Gasteiger partial charge in [-0.3, -0.25) is 4.79 Å². The average molecular weight is 359 g/mol. The first-order valence-electron chi connectivity index (χ1n) is 8.75. The zero-order valence-corrected chi connectivity index (χ0v) is 15.2. The number of nitrogens with zero attached hydrogens (tertiary/aromatic N) is 3. The molecule has 1 aromatic heterocycles. The molecule has 2 aliphatic rings. The van der Waals surface area contributed by atoms with Crippen LogP contribution < -0.4 is 9.80 Å². The normalized spacial score (nSPS) is 17.6. The molecule has 3 heterocycles. The summed E-state index contributed by atoms with van der Waals surface area (Å²) in [5.74, 6) is -0.0734. The van der Waals surface area contributed by atoms with E-state index in [1.165, 1.54) is 22.7 Å². The van der Waals surface area contributed by atoms with Crippen LogP contribution in [0.4, 0.5) is 15.1 Å². The largest absolute Gasteiger partial charge is 0.368 e. The lowest BCUT2D eigenvalue weighted by Gasteiger charge is -2.36. The van der Waals surface area contributed by atoms with Gasteiger partial charge in [-0.05, 0) is 48.7 Å². The van der Waals surface area contributed by atoms with Gasteiger partial charge in [-0.2, -0.15) is 0 Å². The molecular weight excluding hydrogens is 337 g/mol. The number of carbonyl (C=O) groups is 1. The number of carbonyl (C=O) groups excluding carboxylic acids is 1. The number of thiophene rings is 1. The van der Waals surface area contributed by atoms with Crippen molar-refractivity contribution in [2.24, 2.45) is 0 Å². The Morgan fingerprint density at radius 2 is 1.80 bits per heavy atom. The second-order valence-corrected chi connectivity index (χ2v) is 7.75. The zero-order valence-electron chi connectivity index (χ0n) is 14.4. The number of fused-ring (bicyclic) bond motifs is 1. The summed E-state index contributed by atoms with van der Waals surface area (Å²) >= 11 is 1.62. The van der Waals surface area contributed by atoms with Gasteiger partial charge in [0.25, 0.3) is 5.91 Å². The number of amides is 1. The quantitative estimate of drug-likeness (QED) is 0.824. The molecule has 1 fully saturated rings. The van der Waals surface area contributed by atoms with Crippen LogP contribution in [0.25, 0.3) is 0 Å². The van der Waals surface area contributed by atoms with Crippen LogP contribution in [0.3, 0.4) is 0 Å². The van der Waals surface area contributed by atoms with Gasteiger partial charge in [0, 0.05) is 45.5 Å². The molecule has 0 atom stereocenters. The monoisotopic (exact) mass is 359 g/mol. The smallest absolute Gasteiger partial charge is 0.264 e. The fourth-order valence-corrected chi connectivity index (χ4v) is 4.78. The van der Waals surface area contributed by atoms with Crippen molar-refractivity contribution in [1.82, 2.24) is 4.90 Å². The van der Waals surface area contributed by atoms with Gasteiger partial charge in [0.2, 0.25) is 0 Å². The summed E-state index contributed by atoms with van der Waals surface area (Å²) in [7, 11) is 2.10. The van der Waals surface area contributed by atoms with Crippen molar-refractivity contribution in [2.75, 3.05) is 49.6 Å². The molecule has 1 saturated heterocycles. The second-order valence-electron chi connectivity index (χ2n) is 6.72. The fraction of sp³-hybridized carbons (Fsp3) is 0.421. The summed E-state index contributed by atoms with van der Waals surface area (Å²) < 4.78 is 13.1. The van der Waals surface area contributed by atoms with E-state index in [9.17, 15) is 9.18 Å².